The largest absolute Gasteiger partial charge is 0.464 e. The van der Waals surface area contributed by atoms with Gasteiger partial charge in [0.15, 0.2) is 17.3 Å². The van der Waals surface area contributed by atoms with Crippen LogP contribution < -0.4 is 10.6 Å². The van der Waals surface area contributed by atoms with E-state index in [2.05, 4.69) is 35.6 Å². The van der Waals surface area contributed by atoms with Gasteiger partial charge in [-0.1, -0.05) is 0 Å². The molecule has 0 aliphatic rings. The summed E-state index contributed by atoms with van der Waals surface area (Å²) in [7, 11) is 4.93. The number of nitrogens with zero attached hydrogens (tertiary/aromatic N) is 6. The van der Waals surface area contributed by atoms with Gasteiger partial charge >= 0.3 is 5.97 Å². The lowest BCUT2D eigenvalue weighted by atomic mass is 10.1. The summed E-state index contributed by atoms with van der Waals surface area (Å²) in [5.74, 6) is 0.131. The van der Waals surface area contributed by atoms with E-state index in [1.54, 1.807) is 25.8 Å². The van der Waals surface area contributed by atoms with E-state index >= 15 is 0 Å². The maximum absolute atomic E-state index is 12.6. The third-order valence-corrected chi connectivity index (χ3v) is 4.75. The lowest BCUT2D eigenvalue weighted by Gasteiger charge is -2.15. The molecular weight excluding hydrogens is 396 g/mol. The summed E-state index contributed by atoms with van der Waals surface area (Å²) in [6.45, 7) is 3.79. The number of rotatable bonds is 5. The summed E-state index contributed by atoms with van der Waals surface area (Å²) in [6, 6.07) is 3.72. The van der Waals surface area contributed by atoms with Gasteiger partial charge in [-0.3, -0.25) is 9.97 Å². The number of imidazole rings is 1. The molecule has 2 N–H and O–H groups in total. The van der Waals surface area contributed by atoms with Crippen LogP contribution in [0.5, 0.6) is 0 Å². The number of methoxy groups -OCH3 is 1. The number of hydrogen-bond acceptors (Lipinski definition) is 9. The van der Waals surface area contributed by atoms with Crippen molar-refractivity contribution in [2.24, 2.45) is 7.05 Å². The molecule has 0 atom stereocenters. The third-order valence-electron chi connectivity index (χ3n) is 4.75. The molecule has 0 saturated carbocycles. The fraction of sp³-hybridized carbons (Fsp3) is 0.238. The zero-order valence-corrected chi connectivity index (χ0v) is 17.9. The Morgan fingerprint density at radius 2 is 1.81 bits per heavy atom. The van der Waals surface area contributed by atoms with E-state index in [0.29, 0.717) is 22.6 Å². The number of ether oxygens (including phenoxy) is 1. The van der Waals surface area contributed by atoms with Crippen molar-refractivity contribution in [3.63, 3.8) is 0 Å². The summed E-state index contributed by atoms with van der Waals surface area (Å²) in [6.07, 6.45) is 5.08. The zero-order chi connectivity index (χ0) is 22.1. The first-order valence-electron chi connectivity index (χ1n) is 9.57. The number of nitrogens with one attached hydrogen (secondary N) is 2. The number of carbonyl (C=O) groups is 1. The number of aryl methyl sites for hydroxylation is 3. The highest BCUT2D eigenvalue weighted by atomic mass is 16.5. The van der Waals surface area contributed by atoms with E-state index in [-0.39, 0.29) is 11.5 Å². The molecule has 0 amide bonds. The molecular formula is C21H22N8O2. The number of esters is 1. The number of pyridine rings is 2. The first-order valence-corrected chi connectivity index (χ1v) is 9.57. The van der Waals surface area contributed by atoms with Gasteiger partial charge < -0.3 is 19.9 Å². The lowest BCUT2D eigenvalue weighted by molar-refractivity contribution is 0.0595. The van der Waals surface area contributed by atoms with Crippen LogP contribution in [0.3, 0.4) is 0 Å². The van der Waals surface area contributed by atoms with Gasteiger partial charge in [0.2, 0.25) is 0 Å². The number of anilines is 3. The second kappa shape index (κ2) is 7.98. The molecule has 10 heteroatoms. The Morgan fingerprint density at radius 3 is 2.48 bits per heavy atom. The van der Waals surface area contributed by atoms with Crippen molar-refractivity contribution in [2.45, 2.75) is 13.8 Å². The Labute approximate surface area is 178 Å². The summed E-state index contributed by atoms with van der Waals surface area (Å²) < 4.78 is 6.83. The molecule has 0 unspecified atom stereocenters. The molecule has 4 rings (SSSR count). The average Bonchev–Trinajstić information content (AvgIpc) is 3.13. The van der Waals surface area contributed by atoms with Gasteiger partial charge in [0, 0.05) is 37.4 Å². The summed E-state index contributed by atoms with van der Waals surface area (Å²) in [5.41, 5.74) is 5.13. The standard InChI is InChI=1S/C21H22N8O2/c1-11-6-13(7-12(2)25-11)26-20-18(21(30)31-5)27-17(19(22-3)28-20)14-8-23-9-15-16(14)24-10-29(15)4/h6-10H,1-5H3,(H2,22,25,26,28). The van der Waals surface area contributed by atoms with Crippen molar-refractivity contribution in [1.82, 2.24) is 29.5 Å². The molecule has 0 aromatic carbocycles. The average molecular weight is 418 g/mol. The van der Waals surface area contributed by atoms with Crippen LogP contribution >= 0.6 is 0 Å². The van der Waals surface area contributed by atoms with Crippen LogP contribution in [0.15, 0.2) is 30.9 Å². The summed E-state index contributed by atoms with van der Waals surface area (Å²) >= 11 is 0. The van der Waals surface area contributed by atoms with Crippen molar-refractivity contribution >= 4 is 34.3 Å². The molecule has 0 spiro atoms. The maximum atomic E-state index is 12.6. The molecule has 0 radical (unpaired) electrons. The first-order chi connectivity index (χ1) is 14.9. The number of aromatic nitrogens is 6. The maximum Gasteiger partial charge on any atom is 0.360 e. The fourth-order valence-corrected chi connectivity index (χ4v) is 3.38. The molecule has 0 fully saturated rings. The second-order valence-corrected chi connectivity index (χ2v) is 7.03. The normalized spacial score (nSPS) is 10.9. The number of hydrogen-bond donors (Lipinski definition) is 2. The van der Waals surface area contributed by atoms with Gasteiger partial charge in [-0.15, -0.1) is 0 Å². The van der Waals surface area contributed by atoms with Gasteiger partial charge in [0.25, 0.3) is 0 Å². The number of carbonyl (C=O) groups excluding carboxylic acids is 1. The van der Waals surface area contributed by atoms with Crippen LogP contribution in [0, 0.1) is 13.8 Å². The monoisotopic (exact) mass is 418 g/mol. The highest BCUT2D eigenvalue weighted by Crippen LogP contribution is 2.32. The minimum absolute atomic E-state index is 0.0524. The van der Waals surface area contributed by atoms with Crippen molar-refractivity contribution in [3.8, 4) is 11.3 Å². The Hall–Kier alpha value is -4.08. The highest BCUT2D eigenvalue weighted by Gasteiger charge is 2.23. The molecule has 10 nitrogen and oxygen atoms in total. The fourth-order valence-electron chi connectivity index (χ4n) is 3.38. The second-order valence-electron chi connectivity index (χ2n) is 7.03. The lowest BCUT2D eigenvalue weighted by Crippen LogP contribution is -2.13. The molecule has 0 bridgehead atoms. The molecule has 31 heavy (non-hydrogen) atoms. The van der Waals surface area contributed by atoms with E-state index in [9.17, 15) is 4.79 Å². The Kier molecular flexibility index (Phi) is 5.20. The van der Waals surface area contributed by atoms with Crippen molar-refractivity contribution in [1.29, 1.82) is 0 Å². The Balaban J connectivity index is 1.91. The predicted molar refractivity (Wildman–Crippen MR) is 117 cm³/mol. The Bertz CT molecular complexity index is 1280. The molecule has 158 valence electrons. The molecule has 0 aliphatic heterocycles. The van der Waals surface area contributed by atoms with Gasteiger partial charge in [0.05, 0.1) is 30.7 Å². The molecule has 0 aliphatic carbocycles. The van der Waals surface area contributed by atoms with Crippen LogP contribution in [0.25, 0.3) is 22.3 Å². The van der Waals surface area contributed by atoms with Crippen LogP contribution in [0.1, 0.15) is 21.9 Å². The van der Waals surface area contributed by atoms with Gasteiger partial charge in [-0.05, 0) is 26.0 Å². The SMILES string of the molecule is CNc1nc(Nc2cc(C)nc(C)c2)c(C(=O)OC)nc1-c1cncc2c1ncn2C. The van der Waals surface area contributed by atoms with E-state index in [1.807, 2.05) is 37.6 Å². The van der Waals surface area contributed by atoms with Crippen molar-refractivity contribution in [3.05, 3.63) is 47.9 Å². The van der Waals surface area contributed by atoms with E-state index < -0.39 is 5.97 Å². The predicted octanol–water partition coefficient (Wildman–Crippen LogP) is 3.01. The smallest absolute Gasteiger partial charge is 0.360 e. The Morgan fingerprint density at radius 1 is 1.06 bits per heavy atom. The van der Waals surface area contributed by atoms with Crippen molar-refractivity contribution in [2.75, 3.05) is 24.8 Å². The van der Waals surface area contributed by atoms with E-state index in [4.69, 9.17) is 4.74 Å². The van der Waals surface area contributed by atoms with Gasteiger partial charge in [-0.2, -0.15) is 0 Å². The van der Waals surface area contributed by atoms with Gasteiger partial charge in [-0.25, -0.2) is 19.7 Å². The summed E-state index contributed by atoms with van der Waals surface area (Å²) in [4.78, 5) is 35.0. The zero-order valence-electron chi connectivity index (χ0n) is 17.9. The molecule has 0 saturated heterocycles. The van der Waals surface area contributed by atoms with Gasteiger partial charge in [0.1, 0.15) is 11.2 Å². The quantitative estimate of drug-likeness (QED) is 0.471. The summed E-state index contributed by atoms with van der Waals surface area (Å²) in [5, 5.41) is 6.23. The van der Waals surface area contributed by atoms with E-state index in [0.717, 1.165) is 22.6 Å². The van der Waals surface area contributed by atoms with Crippen LogP contribution in [0.4, 0.5) is 17.3 Å². The third kappa shape index (κ3) is 3.75. The topological polar surface area (TPSA) is 120 Å². The molecule has 4 aromatic heterocycles. The van der Waals surface area contributed by atoms with Crippen LogP contribution in [0.2, 0.25) is 0 Å². The molecule has 4 aromatic rings. The minimum Gasteiger partial charge on any atom is -0.464 e. The van der Waals surface area contributed by atoms with Crippen molar-refractivity contribution < 1.29 is 9.53 Å². The van der Waals surface area contributed by atoms with Crippen LogP contribution in [-0.4, -0.2) is 49.6 Å². The minimum atomic E-state index is -0.609. The van der Waals surface area contributed by atoms with E-state index in [1.165, 1.54) is 7.11 Å². The number of fused-ring (bicyclic) bond motifs is 1. The van der Waals surface area contributed by atoms with Crippen LogP contribution in [-0.2, 0) is 11.8 Å². The molecule has 4 heterocycles. The first kappa shape index (κ1) is 20.2. The highest BCUT2D eigenvalue weighted by molar-refractivity contribution is 5.98.